The topological polar surface area (TPSA) is 72.4 Å². The van der Waals surface area contributed by atoms with Gasteiger partial charge in [0.1, 0.15) is 5.69 Å². The van der Waals surface area contributed by atoms with Gasteiger partial charge in [0, 0.05) is 19.2 Å². The number of rotatable bonds is 4. The van der Waals surface area contributed by atoms with Gasteiger partial charge in [-0.2, -0.15) is 0 Å². The van der Waals surface area contributed by atoms with E-state index in [-0.39, 0.29) is 16.8 Å². The van der Waals surface area contributed by atoms with Crippen molar-refractivity contribution in [1.29, 1.82) is 0 Å². The van der Waals surface area contributed by atoms with Crippen molar-refractivity contribution in [2.24, 2.45) is 5.92 Å². The van der Waals surface area contributed by atoms with E-state index >= 15 is 0 Å². The van der Waals surface area contributed by atoms with Crippen LogP contribution >= 0.6 is 0 Å². The van der Waals surface area contributed by atoms with Gasteiger partial charge in [-0.25, -0.2) is 0 Å². The average Bonchev–Trinajstić information content (AvgIpc) is 2.59. The highest BCUT2D eigenvalue weighted by Crippen LogP contribution is 2.41. The minimum Gasteiger partial charge on any atom is -0.393 e. The molecule has 3 rings (SSSR count). The third-order valence-corrected chi connectivity index (χ3v) is 5.70. The fourth-order valence-corrected chi connectivity index (χ4v) is 3.81. The largest absolute Gasteiger partial charge is 0.393 e. The third kappa shape index (κ3) is 3.51. The number of nitrogen functional groups attached to an aromatic ring is 1. The molecule has 132 valence electrons. The number of benzene rings is 2. The number of nitro groups is 1. The van der Waals surface area contributed by atoms with Crippen molar-refractivity contribution in [1.82, 2.24) is 4.90 Å². The number of nitrogens with zero attached hydrogens (tertiary/aromatic N) is 2. The van der Waals surface area contributed by atoms with E-state index in [4.69, 9.17) is 5.73 Å². The second kappa shape index (κ2) is 6.84. The number of hydrogen-bond acceptors (Lipinski definition) is 4. The zero-order valence-corrected chi connectivity index (χ0v) is 14.8. The van der Waals surface area contributed by atoms with Crippen LogP contribution in [0.1, 0.15) is 31.4 Å². The minimum atomic E-state index is -0.423. The highest BCUT2D eigenvalue weighted by molar-refractivity contribution is 5.60. The summed E-state index contributed by atoms with van der Waals surface area (Å²) in [6.45, 7) is 7.48. The van der Waals surface area contributed by atoms with Crippen LogP contribution < -0.4 is 5.73 Å². The summed E-state index contributed by atoms with van der Waals surface area (Å²) in [4.78, 5) is 13.0. The van der Waals surface area contributed by atoms with Crippen LogP contribution in [0.25, 0.3) is 0 Å². The Hall–Kier alpha value is -2.40. The Balaban J connectivity index is 1.75. The molecule has 2 N–H and O–H groups in total. The van der Waals surface area contributed by atoms with Crippen molar-refractivity contribution in [2.75, 3.05) is 18.8 Å². The van der Waals surface area contributed by atoms with Gasteiger partial charge in [0.15, 0.2) is 0 Å². The van der Waals surface area contributed by atoms with Crippen LogP contribution in [0.3, 0.4) is 0 Å². The van der Waals surface area contributed by atoms with Crippen molar-refractivity contribution >= 4 is 11.4 Å². The van der Waals surface area contributed by atoms with E-state index < -0.39 is 4.92 Å². The molecule has 2 aromatic rings. The quantitative estimate of drug-likeness (QED) is 0.519. The minimum absolute atomic E-state index is 0.0125. The molecule has 0 spiro atoms. The summed E-state index contributed by atoms with van der Waals surface area (Å²) in [5.41, 5.74) is 8.56. The van der Waals surface area contributed by atoms with Gasteiger partial charge in [0.25, 0.3) is 5.69 Å². The first-order valence-electron chi connectivity index (χ1n) is 8.71. The molecule has 0 aliphatic carbocycles. The Morgan fingerprint density at radius 1 is 1.28 bits per heavy atom. The molecule has 1 heterocycles. The lowest BCUT2D eigenvalue weighted by molar-refractivity contribution is -0.383. The standard InChI is InChI=1S/C20H25N3O2/c1-15-13-22(14-16-6-4-3-5-7-16)11-10-20(15,2)17-8-9-19(23(24)25)18(21)12-17/h3-9,12,15H,10-11,13-14,21H2,1-2H3/t15-,20-/m0/s1. The number of likely N-dealkylation sites (tertiary alicyclic amines) is 1. The summed E-state index contributed by atoms with van der Waals surface area (Å²) in [5, 5.41) is 11.0. The second-order valence-electron chi connectivity index (χ2n) is 7.32. The van der Waals surface area contributed by atoms with Gasteiger partial charge in [-0.1, -0.05) is 50.2 Å². The lowest BCUT2D eigenvalue weighted by Crippen LogP contribution is -2.46. The number of piperidine rings is 1. The normalized spacial score (nSPS) is 24.2. The Morgan fingerprint density at radius 3 is 2.60 bits per heavy atom. The van der Waals surface area contributed by atoms with Crippen LogP contribution in [0.15, 0.2) is 48.5 Å². The molecule has 1 aliphatic heterocycles. The summed E-state index contributed by atoms with van der Waals surface area (Å²) >= 11 is 0. The molecular weight excluding hydrogens is 314 g/mol. The van der Waals surface area contributed by atoms with E-state index in [0.29, 0.717) is 5.92 Å². The molecule has 1 aliphatic rings. The maximum atomic E-state index is 11.0. The zero-order valence-electron chi connectivity index (χ0n) is 14.8. The predicted octanol–water partition coefficient (Wildman–Crippen LogP) is 3.98. The van der Waals surface area contributed by atoms with E-state index in [0.717, 1.165) is 31.6 Å². The number of hydrogen-bond donors (Lipinski definition) is 1. The Bertz CT molecular complexity index is 763. The summed E-state index contributed by atoms with van der Waals surface area (Å²) in [6, 6.07) is 15.7. The van der Waals surface area contributed by atoms with Gasteiger partial charge in [-0.05, 0) is 41.5 Å². The fraction of sp³-hybridized carbons (Fsp3) is 0.400. The average molecular weight is 339 g/mol. The molecular formula is C20H25N3O2. The van der Waals surface area contributed by atoms with Gasteiger partial charge >= 0.3 is 0 Å². The van der Waals surface area contributed by atoms with E-state index in [1.807, 2.05) is 12.1 Å². The molecule has 0 saturated carbocycles. The molecule has 5 heteroatoms. The Kier molecular flexibility index (Phi) is 4.77. The Labute approximate surface area is 148 Å². The van der Waals surface area contributed by atoms with Crippen LogP contribution in [0.2, 0.25) is 0 Å². The third-order valence-electron chi connectivity index (χ3n) is 5.70. The maximum absolute atomic E-state index is 11.0. The van der Waals surface area contributed by atoms with Crippen molar-refractivity contribution in [3.8, 4) is 0 Å². The van der Waals surface area contributed by atoms with E-state index in [2.05, 4.69) is 43.0 Å². The molecule has 0 radical (unpaired) electrons. The molecule has 0 bridgehead atoms. The van der Waals surface area contributed by atoms with Gasteiger partial charge in [-0.3, -0.25) is 15.0 Å². The molecule has 5 nitrogen and oxygen atoms in total. The van der Waals surface area contributed by atoms with Crippen LogP contribution in [0.5, 0.6) is 0 Å². The fourth-order valence-electron chi connectivity index (χ4n) is 3.81. The van der Waals surface area contributed by atoms with Crippen LogP contribution in [0.4, 0.5) is 11.4 Å². The first-order chi connectivity index (χ1) is 11.9. The number of nitro benzene ring substituents is 1. The zero-order chi connectivity index (χ0) is 18.0. The SMILES string of the molecule is C[C@H]1CN(Cc2ccccc2)CC[C@]1(C)c1ccc([N+](=O)[O-])c(N)c1. The lowest BCUT2D eigenvalue weighted by atomic mass is 9.68. The van der Waals surface area contributed by atoms with Gasteiger partial charge in [0.05, 0.1) is 4.92 Å². The van der Waals surface area contributed by atoms with E-state index in [1.165, 1.54) is 5.56 Å². The number of nitrogens with two attached hydrogens (primary N) is 1. The van der Waals surface area contributed by atoms with E-state index in [9.17, 15) is 10.1 Å². The summed E-state index contributed by atoms with van der Waals surface area (Å²) in [6.07, 6.45) is 1.01. The lowest BCUT2D eigenvalue weighted by Gasteiger charge is -2.45. The molecule has 2 aromatic carbocycles. The van der Waals surface area contributed by atoms with E-state index in [1.54, 1.807) is 12.1 Å². The smallest absolute Gasteiger partial charge is 0.292 e. The van der Waals surface area contributed by atoms with Crippen LogP contribution in [0, 0.1) is 16.0 Å². The van der Waals surface area contributed by atoms with Gasteiger partial charge in [-0.15, -0.1) is 0 Å². The molecule has 1 fully saturated rings. The molecule has 2 atom stereocenters. The monoisotopic (exact) mass is 339 g/mol. The van der Waals surface area contributed by atoms with Gasteiger partial charge < -0.3 is 5.73 Å². The predicted molar refractivity (Wildman–Crippen MR) is 100 cm³/mol. The highest BCUT2D eigenvalue weighted by Gasteiger charge is 2.38. The summed E-state index contributed by atoms with van der Waals surface area (Å²) < 4.78 is 0. The van der Waals surface area contributed by atoms with Crippen molar-refractivity contribution in [3.63, 3.8) is 0 Å². The molecule has 1 saturated heterocycles. The summed E-state index contributed by atoms with van der Waals surface area (Å²) in [5.74, 6) is 0.436. The molecule has 0 amide bonds. The first-order valence-corrected chi connectivity index (χ1v) is 8.71. The van der Waals surface area contributed by atoms with Crippen molar-refractivity contribution in [3.05, 3.63) is 69.8 Å². The maximum Gasteiger partial charge on any atom is 0.292 e. The Morgan fingerprint density at radius 2 is 2.00 bits per heavy atom. The van der Waals surface area contributed by atoms with Gasteiger partial charge in [0.2, 0.25) is 0 Å². The highest BCUT2D eigenvalue weighted by atomic mass is 16.6. The number of anilines is 1. The molecule has 0 aromatic heterocycles. The molecule has 25 heavy (non-hydrogen) atoms. The summed E-state index contributed by atoms with van der Waals surface area (Å²) in [7, 11) is 0. The van der Waals surface area contributed by atoms with Crippen molar-refractivity contribution < 1.29 is 4.92 Å². The molecule has 0 unspecified atom stereocenters. The first kappa shape index (κ1) is 17.4. The van der Waals surface area contributed by atoms with Crippen LogP contribution in [-0.2, 0) is 12.0 Å². The van der Waals surface area contributed by atoms with Crippen molar-refractivity contribution in [2.45, 2.75) is 32.2 Å². The van der Waals surface area contributed by atoms with Crippen LogP contribution in [-0.4, -0.2) is 22.9 Å². The second-order valence-corrected chi connectivity index (χ2v) is 7.32.